The highest BCUT2D eigenvalue weighted by molar-refractivity contribution is 5.96. The van der Waals surface area contributed by atoms with Crippen LogP contribution in [-0.4, -0.2) is 34.9 Å². The Kier molecular flexibility index (Phi) is 4.15. The maximum absolute atomic E-state index is 12.1. The Morgan fingerprint density at radius 1 is 1.47 bits per heavy atom. The minimum absolute atomic E-state index is 0.177. The Morgan fingerprint density at radius 3 is 2.47 bits per heavy atom. The SMILES string of the molecule is CC(N(C)CC(=O)c1cccn1C)C(C)(C)C. The van der Waals surface area contributed by atoms with Gasteiger partial charge in [0.25, 0.3) is 0 Å². The minimum Gasteiger partial charge on any atom is -0.348 e. The lowest BCUT2D eigenvalue weighted by atomic mass is 9.87. The van der Waals surface area contributed by atoms with Gasteiger partial charge < -0.3 is 4.57 Å². The van der Waals surface area contributed by atoms with E-state index in [1.54, 1.807) is 0 Å². The monoisotopic (exact) mass is 236 g/mol. The molecule has 3 nitrogen and oxygen atoms in total. The standard InChI is InChI=1S/C14H24N2O/c1-11(14(2,3)4)16(6)10-13(17)12-8-7-9-15(12)5/h7-9,11H,10H2,1-6H3. The quantitative estimate of drug-likeness (QED) is 0.751. The molecule has 0 amide bonds. The number of carbonyl (C=O) groups excluding carboxylic acids is 1. The second kappa shape index (κ2) is 5.05. The molecular weight excluding hydrogens is 212 g/mol. The molecule has 1 unspecified atom stereocenters. The summed E-state index contributed by atoms with van der Waals surface area (Å²) in [4.78, 5) is 14.2. The third-order valence-electron chi connectivity index (χ3n) is 3.54. The molecule has 0 bridgehead atoms. The summed E-state index contributed by atoms with van der Waals surface area (Å²) in [5, 5.41) is 0. The molecule has 1 aromatic rings. The first-order valence-corrected chi connectivity index (χ1v) is 6.08. The van der Waals surface area contributed by atoms with Crippen LogP contribution in [0.1, 0.15) is 38.2 Å². The molecular formula is C14H24N2O. The van der Waals surface area contributed by atoms with Crippen molar-refractivity contribution in [1.82, 2.24) is 9.47 Å². The Hall–Kier alpha value is -1.09. The fourth-order valence-electron chi connectivity index (χ4n) is 1.86. The highest BCUT2D eigenvalue weighted by atomic mass is 16.1. The minimum atomic E-state index is 0.177. The zero-order valence-electron chi connectivity index (χ0n) is 11.8. The van der Waals surface area contributed by atoms with Crippen molar-refractivity contribution in [3.63, 3.8) is 0 Å². The van der Waals surface area contributed by atoms with Crippen LogP contribution in [0, 0.1) is 5.41 Å². The Bertz CT molecular complexity index is 387. The molecule has 1 rings (SSSR count). The summed E-state index contributed by atoms with van der Waals surface area (Å²) < 4.78 is 1.87. The van der Waals surface area contributed by atoms with Gasteiger partial charge >= 0.3 is 0 Å². The molecule has 0 aromatic carbocycles. The van der Waals surface area contributed by atoms with E-state index in [1.807, 2.05) is 37.0 Å². The van der Waals surface area contributed by atoms with Gasteiger partial charge in [-0.1, -0.05) is 20.8 Å². The number of nitrogens with zero attached hydrogens (tertiary/aromatic N) is 2. The second-order valence-corrected chi connectivity index (χ2v) is 5.88. The van der Waals surface area contributed by atoms with Crippen molar-refractivity contribution in [3.05, 3.63) is 24.0 Å². The van der Waals surface area contributed by atoms with Crippen molar-refractivity contribution in [2.75, 3.05) is 13.6 Å². The Morgan fingerprint density at radius 2 is 2.06 bits per heavy atom. The number of aryl methyl sites for hydroxylation is 1. The number of hydrogen-bond donors (Lipinski definition) is 0. The van der Waals surface area contributed by atoms with Crippen LogP contribution < -0.4 is 0 Å². The Balaban J connectivity index is 2.67. The lowest BCUT2D eigenvalue weighted by Crippen LogP contribution is -2.42. The normalized spacial score (nSPS) is 14.1. The Labute approximate surface area is 104 Å². The molecule has 3 heteroatoms. The average molecular weight is 236 g/mol. The van der Waals surface area contributed by atoms with Gasteiger partial charge in [-0.3, -0.25) is 9.69 Å². The van der Waals surface area contributed by atoms with Crippen LogP contribution in [0.3, 0.4) is 0 Å². The third-order valence-corrected chi connectivity index (χ3v) is 3.54. The highest BCUT2D eigenvalue weighted by Crippen LogP contribution is 2.23. The number of likely N-dealkylation sites (N-methyl/N-ethyl adjacent to an activating group) is 1. The third kappa shape index (κ3) is 3.43. The predicted molar refractivity (Wildman–Crippen MR) is 71.3 cm³/mol. The summed E-state index contributed by atoms with van der Waals surface area (Å²) in [6.07, 6.45) is 1.90. The fourth-order valence-corrected chi connectivity index (χ4v) is 1.86. The van der Waals surface area contributed by atoms with E-state index in [2.05, 4.69) is 32.6 Å². The molecule has 0 spiro atoms. The van der Waals surface area contributed by atoms with E-state index in [-0.39, 0.29) is 11.2 Å². The molecule has 96 valence electrons. The average Bonchev–Trinajstić information content (AvgIpc) is 2.61. The van der Waals surface area contributed by atoms with Crippen molar-refractivity contribution >= 4 is 5.78 Å². The summed E-state index contributed by atoms with van der Waals surface area (Å²) in [6, 6.07) is 4.14. The van der Waals surface area contributed by atoms with E-state index in [9.17, 15) is 4.79 Å². The summed E-state index contributed by atoms with van der Waals surface area (Å²) in [5.74, 6) is 0.177. The van der Waals surface area contributed by atoms with Gasteiger partial charge in [0.15, 0.2) is 5.78 Å². The smallest absolute Gasteiger partial charge is 0.193 e. The molecule has 1 atom stereocenters. The zero-order valence-corrected chi connectivity index (χ0v) is 11.8. The molecule has 0 saturated heterocycles. The van der Waals surface area contributed by atoms with Gasteiger partial charge in [0.1, 0.15) is 0 Å². The van der Waals surface area contributed by atoms with E-state index < -0.39 is 0 Å². The van der Waals surface area contributed by atoms with Gasteiger partial charge in [-0.15, -0.1) is 0 Å². The molecule has 1 aromatic heterocycles. The van der Waals surface area contributed by atoms with E-state index in [4.69, 9.17) is 0 Å². The first-order valence-electron chi connectivity index (χ1n) is 6.08. The number of rotatable bonds is 4. The van der Waals surface area contributed by atoms with Crippen molar-refractivity contribution in [1.29, 1.82) is 0 Å². The number of hydrogen-bond acceptors (Lipinski definition) is 2. The van der Waals surface area contributed by atoms with Crippen molar-refractivity contribution < 1.29 is 4.79 Å². The first-order chi connectivity index (χ1) is 7.73. The summed E-state index contributed by atoms with van der Waals surface area (Å²) in [6.45, 7) is 9.22. The molecule has 1 heterocycles. The van der Waals surface area contributed by atoms with E-state index in [1.165, 1.54) is 0 Å². The summed E-state index contributed by atoms with van der Waals surface area (Å²) in [7, 11) is 3.91. The molecule has 17 heavy (non-hydrogen) atoms. The van der Waals surface area contributed by atoms with Gasteiger partial charge in [-0.2, -0.15) is 0 Å². The van der Waals surface area contributed by atoms with Crippen LogP contribution in [0.25, 0.3) is 0 Å². The van der Waals surface area contributed by atoms with Crippen LogP contribution in [0.4, 0.5) is 0 Å². The van der Waals surface area contributed by atoms with E-state index in [0.29, 0.717) is 12.6 Å². The molecule has 0 radical (unpaired) electrons. The molecule has 0 aliphatic heterocycles. The van der Waals surface area contributed by atoms with E-state index in [0.717, 1.165) is 5.69 Å². The molecule has 0 saturated carbocycles. The molecule has 0 aliphatic carbocycles. The first kappa shape index (κ1) is 14.0. The highest BCUT2D eigenvalue weighted by Gasteiger charge is 2.25. The largest absolute Gasteiger partial charge is 0.348 e. The van der Waals surface area contributed by atoms with Crippen LogP contribution in [-0.2, 0) is 7.05 Å². The van der Waals surface area contributed by atoms with Crippen LogP contribution >= 0.6 is 0 Å². The second-order valence-electron chi connectivity index (χ2n) is 5.88. The topological polar surface area (TPSA) is 25.2 Å². The van der Waals surface area contributed by atoms with Gasteiger partial charge in [-0.25, -0.2) is 0 Å². The summed E-state index contributed by atoms with van der Waals surface area (Å²) >= 11 is 0. The van der Waals surface area contributed by atoms with Gasteiger partial charge in [0, 0.05) is 19.3 Å². The van der Waals surface area contributed by atoms with Crippen LogP contribution in [0.2, 0.25) is 0 Å². The van der Waals surface area contributed by atoms with Crippen molar-refractivity contribution in [2.24, 2.45) is 12.5 Å². The van der Waals surface area contributed by atoms with Gasteiger partial charge in [0.2, 0.25) is 0 Å². The zero-order chi connectivity index (χ0) is 13.2. The van der Waals surface area contributed by atoms with E-state index >= 15 is 0 Å². The number of Topliss-reactive ketones (excluding diaryl/α,β-unsaturated/α-hetero) is 1. The van der Waals surface area contributed by atoms with Crippen molar-refractivity contribution in [2.45, 2.75) is 33.7 Å². The summed E-state index contributed by atoms with van der Waals surface area (Å²) in [5.41, 5.74) is 0.960. The fraction of sp³-hybridized carbons (Fsp3) is 0.643. The molecule has 0 fully saturated rings. The number of carbonyl (C=O) groups is 1. The predicted octanol–water partition coefficient (Wildman–Crippen LogP) is 2.57. The van der Waals surface area contributed by atoms with Crippen LogP contribution in [0.15, 0.2) is 18.3 Å². The maximum Gasteiger partial charge on any atom is 0.193 e. The molecule has 0 aliphatic rings. The number of ketones is 1. The molecule has 0 N–H and O–H groups in total. The lowest BCUT2D eigenvalue weighted by molar-refractivity contribution is 0.0846. The van der Waals surface area contributed by atoms with Crippen molar-refractivity contribution in [3.8, 4) is 0 Å². The number of aromatic nitrogens is 1. The van der Waals surface area contributed by atoms with Crippen LogP contribution in [0.5, 0.6) is 0 Å². The lowest BCUT2D eigenvalue weighted by Gasteiger charge is -2.34. The van der Waals surface area contributed by atoms with Gasteiger partial charge in [-0.05, 0) is 31.5 Å². The maximum atomic E-state index is 12.1. The van der Waals surface area contributed by atoms with Gasteiger partial charge in [0.05, 0.1) is 12.2 Å².